The monoisotopic (exact) mass is 461 g/mol. The van der Waals surface area contributed by atoms with Gasteiger partial charge in [-0.15, -0.1) is 0 Å². The summed E-state index contributed by atoms with van der Waals surface area (Å²) in [5.74, 6) is 1.25. The highest BCUT2D eigenvalue weighted by atomic mass is 79.9. The molecule has 4 rings (SSSR count). The number of halogens is 1. The fourth-order valence-electron chi connectivity index (χ4n) is 3.19. The number of anilines is 1. The van der Waals surface area contributed by atoms with E-state index in [2.05, 4.69) is 33.4 Å². The minimum Gasteiger partial charge on any atom is -0.496 e. The molecule has 0 saturated carbocycles. The summed E-state index contributed by atoms with van der Waals surface area (Å²) in [6.07, 6.45) is 0. The van der Waals surface area contributed by atoms with Gasteiger partial charge in [0.2, 0.25) is 0 Å². The second-order valence-electron chi connectivity index (χ2n) is 6.79. The van der Waals surface area contributed by atoms with Crippen molar-refractivity contribution in [3.63, 3.8) is 0 Å². The lowest BCUT2D eigenvalue weighted by atomic mass is 10.1. The van der Waals surface area contributed by atoms with Crippen LogP contribution in [0.2, 0.25) is 0 Å². The van der Waals surface area contributed by atoms with E-state index in [4.69, 9.17) is 9.47 Å². The standard InChI is InChI=1S/C25H20BrNO3/c1-29-24-13-7-19(25(28)27-22-10-8-21(26)9-11-22)14-20(24)16-30-23-12-6-17-4-2-3-5-18(17)15-23/h2-15H,16H2,1H3,(H,27,28). The number of ether oxygens (including phenoxy) is 2. The number of carbonyl (C=O) groups is 1. The Morgan fingerprint density at radius 2 is 1.67 bits per heavy atom. The number of amides is 1. The number of fused-ring (bicyclic) bond motifs is 1. The lowest BCUT2D eigenvalue weighted by molar-refractivity contribution is 0.102. The van der Waals surface area contributed by atoms with Gasteiger partial charge in [-0.25, -0.2) is 0 Å². The van der Waals surface area contributed by atoms with Gasteiger partial charge < -0.3 is 14.8 Å². The number of carbonyl (C=O) groups excluding carboxylic acids is 1. The SMILES string of the molecule is COc1ccc(C(=O)Nc2ccc(Br)cc2)cc1COc1ccc2ccccc2c1. The number of hydrogen-bond donors (Lipinski definition) is 1. The van der Waals surface area contributed by atoms with E-state index >= 15 is 0 Å². The van der Waals surface area contributed by atoms with Crippen LogP contribution in [0.1, 0.15) is 15.9 Å². The molecule has 0 fully saturated rings. The van der Waals surface area contributed by atoms with Crippen LogP contribution in [0.4, 0.5) is 5.69 Å². The number of nitrogens with one attached hydrogen (secondary N) is 1. The Morgan fingerprint density at radius 3 is 2.43 bits per heavy atom. The third-order valence-corrected chi connectivity index (χ3v) is 5.29. The largest absolute Gasteiger partial charge is 0.496 e. The predicted molar refractivity (Wildman–Crippen MR) is 123 cm³/mol. The van der Waals surface area contributed by atoms with Crippen LogP contribution in [-0.2, 0) is 6.61 Å². The maximum Gasteiger partial charge on any atom is 0.255 e. The zero-order chi connectivity index (χ0) is 20.9. The Morgan fingerprint density at radius 1 is 0.900 bits per heavy atom. The molecule has 0 aliphatic carbocycles. The lowest BCUT2D eigenvalue weighted by Gasteiger charge is -2.13. The number of methoxy groups -OCH3 is 1. The molecule has 0 bridgehead atoms. The Balaban J connectivity index is 1.51. The Hall–Kier alpha value is -3.31. The number of rotatable bonds is 6. The van der Waals surface area contributed by atoms with Gasteiger partial charge in [0, 0.05) is 21.3 Å². The molecule has 0 unspecified atom stereocenters. The quantitative estimate of drug-likeness (QED) is 0.359. The highest BCUT2D eigenvalue weighted by molar-refractivity contribution is 9.10. The molecule has 5 heteroatoms. The maximum atomic E-state index is 12.7. The smallest absolute Gasteiger partial charge is 0.255 e. The summed E-state index contributed by atoms with van der Waals surface area (Å²) in [5.41, 5.74) is 2.07. The van der Waals surface area contributed by atoms with Crippen LogP contribution in [0.25, 0.3) is 10.8 Å². The van der Waals surface area contributed by atoms with Crippen LogP contribution >= 0.6 is 15.9 Å². The molecule has 4 aromatic carbocycles. The average molecular weight is 462 g/mol. The van der Waals surface area contributed by atoms with Crippen LogP contribution in [0, 0.1) is 0 Å². The van der Waals surface area contributed by atoms with Crippen molar-refractivity contribution >= 4 is 38.3 Å². The Kier molecular flexibility index (Phi) is 6.00. The first-order valence-corrected chi connectivity index (χ1v) is 10.3. The Bertz CT molecular complexity index is 1190. The van der Waals surface area contributed by atoms with Gasteiger partial charge in [-0.1, -0.05) is 46.3 Å². The topological polar surface area (TPSA) is 47.6 Å². The summed E-state index contributed by atoms with van der Waals surface area (Å²) in [5, 5.41) is 5.18. The van der Waals surface area contributed by atoms with E-state index in [0.29, 0.717) is 17.9 Å². The van der Waals surface area contributed by atoms with E-state index in [1.54, 1.807) is 25.3 Å². The van der Waals surface area contributed by atoms with E-state index in [1.165, 1.54) is 0 Å². The first-order valence-electron chi connectivity index (χ1n) is 9.48. The third-order valence-electron chi connectivity index (χ3n) is 4.76. The zero-order valence-corrected chi connectivity index (χ0v) is 18.0. The lowest BCUT2D eigenvalue weighted by Crippen LogP contribution is -2.12. The van der Waals surface area contributed by atoms with Gasteiger partial charge in [0.15, 0.2) is 0 Å². The molecule has 0 radical (unpaired) electrons. The van der Waals surface area contributed by atoms with Gasteiger partial charge in [-0.3, -0.25) is 4.79 Å². The van der Waals surface area contributed by atoms with Crippen molar-refractivity contribution in [2.24, 2.45) is 0 Å². The molecule has 0 aromatic heterocycles. The fourth-order valence-corrected chi connectivity index (χ4v) is 3.45. The van der Waals surface area contributed by atoms with Crippen molar-refractivity contribution in [3.8, 4) is 11.5 Å². The molecule has 150 valence electrons. The molecule has 0 atom stereocenters. The fraction of sp³-hybridized carbons (Fsp3) is 0.0800. The summed E-state index contributed by atoms with van der Waals surface area (Å²) in [6, 6.07) is 26.9. The first kappa shape index (κ1) is 20.0. The van der Waals surface area contributed by atoms with Crippen LogP contribution in [0.15, 0.2) is 89.4 Å². The minimum absolute atomic E-state index is 0.188. The average Bonchev–Trinajstić information content (AvgIpc) is 2.78. The molecule has 4 aromatic rings. The van der Waals surface area contributed by atoms with Crippen LogP contribution in [0.3, 0.4) is 0 Å². The van der Waals surface area contributed by atoms with Gasteiger partial charge in [0.05, 0.1) is 7.11 Å². The normalized spacial score (nSPS) is 10.6. The minimum atomic E-state index is -0.188. The van der Waals surface area contributed by atoms with E-state index in [-0.39, 0.29) is 5.91 Å². The zero-order valence-electron chi connectivity index (χ0n) is 16.4. The van der Waals surface area contributed by atoms with Crippen molar-refractivity contribution in [2.45, 2.75) is 6.61 Å². The molecule has 30 heavy (non-hydrogen) atoms. The second-order valence-corrected chi connectivity index (χ2v) is 7.70. The van der Waals surface area contributed by atoms with E-state index in [9.17, 15) is 4.79 Å². The van der Waals surface area contributed by atoms with Crippen molar-refractivity contribution < 1.29 is 14.3 Å². The summed E-state index contributed by atoms with van der Waals surface area (Å²) in [6.45, 7) is 0.293. The molecule has 0 heterocycles. The van der Waals surface area contributed by atoms with Gasteiger partial charge in [0.1, 0.15) is 18.1 Å². The van der Waals surface area contributed by atoms with Crippen molar-refractivity contribution in [2.75, 3.05) is 12.4 Å². The highest BCUT2D eigenvalue weighted by Crippen LogP contribution is 2.25. The molecule has 0 aliphatic rings. The molecular weight excluding hydrogens is 442 g/mol. The Labute approximate surface area is 183 Å². The molecule has 0 aliphatic heterocycles. The van der Waals surface area contributed by atoms with E-state index in [0.717, 1.165) is 32.2 Å². The van der Waals surface area contributed by atoms with Crippen molar-refractivity contribution in [1.82, 2.24) is 0 Å². The summed E-state index contributed by atoms with van der Waals surface area (Å²) in [4.78, 5) is 12.7. The third kappa shape index (κ3) is 4.63. The predicted octanol–water partition coefficient (Wildman–Crippen LogP) is 6.44. The molecular formula is C25H20BrNO3. The highest BCUT2D eigenvalue weighted by Gasteiger charge is 2.12. The molecule has 0 spiro atoms. The van der Waals surface area contributed by atoms with E-state index in [1.807, 2.05) is 54.6 Å². The summed E-state index contributed by atoms with van der Waals surface area (Å²) in [7, 11) is 1.61. The van der Waals surface area contributed by atoms with Gasteiger partial charge in [-0.2, -0.15) is 0 Å². The molecule has 1 amide bonds. The van der Waals surface area contributed by atoms with E-state index < -0.39 is 0 Å². The summed E-state index contributed by atoms with van der Waals surface area (Å²) < 4.78 is 12.4. The van der Waals surface area contributed by atoms with Gasteiger partial charge in [-0.05, 0) is 65.4 Å². The maximum absolute atomic E-state index is 12.7. The first-order chi connectivity index (χ1) is 14.6. The number of benzene rings is 4. The summed E-state index contributed by atoms with van der Waals surface area (Å²) >= 11 is 3.39. The second kappa shape index (κ2) is 9.01. The van der Waals surface area contributed by atoms with Crippen LogP contribution in [-0.4, -0.2) is 13.0 Å². The van der Waals surface area contributed by atoms with Crippen LogP contribution < -0.4 is 14.8 Å². The number of hydrogen-bond acceptors (Lipinski definition) is 3. The van der Waals surface area contributed by atoms with Gasteiger partial charge in [0.25, 0.3) is 5.91 Å². The molecule has 1 N–H and O–H groups in total. The van der Waals surface area contributed by atoms with Gasteiger partial charge >= 0.3 is 0 Å². The molecule has 0 saturated heterocycles. The molecule has 4 nitrogen and oxygen atoms in total. The van der Waals surface area contributed by atoms with Crippen molar-refractivity contribution in [3.05, 3.63) is 101 Å². The van der Waals surface area contributed by atoms with Crippen LogP contribution in [0.5, 0.6) is 11.5 Å². The van der Waals surface area contributed by atoms with Crippen molar-refractivity contribution in [1.29, 1.82) is 0 Å².